The van der Waals surface area contributed by atoms with Crippen molar-refractivity contribution in [3.8, 4) is 34.5 Å². The van der Waals surface area contributed by atoms with Crippen LogP contribution >= 0.6 is 0 Å². The topological polar surface area (TPSA) is 130 Å². The van der Waals surface area contributed by atoms with Crippen LogP contribution in [0, 0.1) is 0 Å². The largest absolute Gasteiger partial charge is 0.493 e. The maximum Gasteiger partial charge on any atom is 0.303 e. The van der Waals surface area contributed by atoms with E-state index in [1.807, 2.05) is 72.8 Å². The molecule has 0 amide bonds. The summed E-state index contributed by atoms with van der Waals surface area (Å²) in [5.41, 5.74) is 3.67. The average molecular weight is 607 g/mol. The number of carboxylic acids is 2. The van der Waals surface area contributed by atoms with Gasteiger partial charge in [-0.3, -0.25) is 9.59 Å². The molecule has 234 valence electrons. The molecule has 0 heterocycles. The standard InChI is InChI=1S/C34H38O10/c1-39-27-19-25(20-28(40-2)33(27)43-17-5-7-31(35)36)15-13-23-9-11-24(12-10-23)14-16-26-21-29(41-3)34(30(22-26)42-4)44-18-6-8-32(37)38/h9-16,19-22H,5-8,17-18H2,1-4H3,(H,35,36)(H,37,38)/b15-13+,16-14+. The van der Waals surface area contributed by atoms with Crippen molar-refractivity contribution in [1.29, 1.82) is 0 Å². The van der Waals surface area contributed by atoms with Gasteiger partial charge in [0.1, 0.15) is 0 Å². The Kier molecular flexibility index (Phi) is 13.0. The summed E-state index contributed by atoms with van der Waals surface area (Å²) in [6, 6.07) is 15.3. The number of methoxy groups -OCH3 is 4. The fraction of sp³-hybridized carbons (Fsp3) is 0.294. The number of hydrogen-bond acceptors (Lipinski definition) is 8. The predicted molar refractivity (Wildman–Crippen MR) is 168 cm³/mol. The molecule has 0 bridgehead atoms. The van der Waals surface area contributed by atoms with Crippen LogP contribution < -0.4 is 28.4 Å². The third-order valence-electron chi connectivity index (χ3n) is 6.40. The maximum atomic E-state index is 10.8. The highest BCUT2D eigenvalue weighted by molar-refractivity contribution is 5.76. The number of hydrogen-bond donors (Lipinski definition) is 2. The summed E-state index contributed by atoms with van der Waals surface area (Å²) in [5, 5.41) is 17.7. The summed E-state index contributed by atoms with van der Waals surface area (Å²) in [7, 11) is 6.16. The van der Waals surface area contributed by atoms with Crippen molar-refractivity contribution < 1.29 is 48.2 Å². The van der Waals surface area contributed by atoms with Crippen LogP contribution in [0.2, 0.25) is 0 Å². The van der Waals surface area contributed by atoms with E-state index < -0.39 is 11.9 Å². The van der Waals surface area contributed by atoms with Crippen LogP contribution in [0.1, 0.15) is 47.9 Å². The fourth-order valence-electron chi connectivity index (χ4n) is 4.18. The van der Waals surface area contributed by atoms with Gasteiger partial charge < -0.3 is 38.6 Å². The van der Waals surface area contributed by atoms with Crippen LogP contribution in [0.15, 0.2) is 48.5 Å². The number of aliphatic carboxylic acids is 2. The molecule has 0 aromatic heterocycles. The van der Waals surface area contributed by atoms with E-state index in [2.05, 4.69) is 0 Å². The van der Waals surface area contributed by atoms with E-state index in [9.17, 15) is 9.59 Å². The molecular weight excluding hydrogens is 568 g/mol. The molecule has 0 saturated heterocycles. The van der Waals surface area contributed by atoms with E-state index in [-0.39, 0.29) is 26.1 Å². The Labute approximate surface area is 257 Å². The van der Waals surface area contributed by atoms with Crippen LogP contribution in [-0.4, -0.2) is 63.8 Å². The first kappa shape index (κ1) is 33.4. The van der Waals surface area contributed by atoms with E-state index in [1.165, 1.54) is 28.4 Å². The summed E-state index contributed by atoms with van der Waals surface area (Å²) < 4.78 is 33.5. The Morgan fingerprint density at radius 2 is 0.841 bits per heavy atom. The lowest BCUT2D eigenvalue weighted by atomic mass is 10.1. The predicted octanol–water partition coefficient (Wildman–Crippen LogP) is 6.55. The fourth-order valence-corrected chi connectivity index (χ4v) is 4.18. The molecule has 44 heavy (non-hydrogen) atoms. The van der Waals surface area contributed by atoms with Gasteiger partial charge in [-0.15, -0.1) is 0 Å². The number of rotatable bonds is 18. The first-order valence-electron chi connectivity index (χ1n) is 13.9. The second kappa shape index (κ2) is 17.1. The van der Waals surface area contributed by atoms with E-state index in [0.717, 1.165) is 22.3 Å². The Hall–Kier alpha value is -5.12. The molecule has 0 radical (unpaired) electrons. The maximum absolute atomic E-state index is 10.8. The molecule has 10 heteroatoms. The Bertz CT molecular complexity index is 1300. The second-order valence-corrected chi connectivity index (χ2v) is 9.53. The Morgan fingerprint density at radius 3 is 1.11 bits per heavy atom. The minimum atomic E-state index is -0.872. The van der Waals surface area contributed by atoms with Crippen molar-refractivity contribution >= 4 is 36.2 Å². The molecule has 3 aromatic rings. The number of benzene rings is 3. The van der Waals surface area contributed by atoms with Gasteiger partial charge in [0.05, 0.1) is 41.7 Å². The zero-order valence-electron chi connectivity index (χ0n) is 25.3. The van der Waals surface area contributed by atoms with Gasteiger partial charge in [-0.1, -0.05) is 48.6 Å². The van der Waals surface area contributed by atoms with Gasteiger partial charge in [0.25, 0.3) is 0 Å². The highest BCUT2D eigenvalue weighted by Crippen LogP contribution is 2.40. The van der Waals surface area contributed by atoms with Crippen molar-refractivity contribution in [1.82, 2.24) is 0 Å². The van der Waals surface area contributed by atoms with Crippen molar-refractivity contribution in [2.24, 2.45) is 0 Å². The minimum absolute atomic E-state index is 0.0187. The summed E-state index contributed by atoms with van der Waals surface area (Å²) in [5.74, 6) is 1.09. The number of carbonyl (C=O) groups is 2. The van der Waals surface area contributed by atoms with Crippen molar-refractivity contribution in [2.45, 2.75) is 25.7 Å². The van der Waals surface area contributed by atoms with Gasteiger partial charge in [0.2, 0.25) is 11.5 Å². The van der Waals surface area contributed by atoms with Crippen LogP contribution in [0.25, 0.3) is 24.3 Å². The van der Waals surface area contributed by atoms with E-state index in [0.29, 0.717) is 47.3 Å². The van der Waals surface area contributed by atoms with E-state index >= 15 is 0 Å². The summed E-state index contributed by atoms with van der Waals surface area (Å²) in [6.07, 6.45) is 8.60. The molecule has 0 saturated carbocycles. The average Bonchev–Trinajstić information content (AvgIpc) is 3.03. The molecular formula is C34H38O10. The molecule has 3 rings (SSSR count). The third-order valence-corrected chi connectivity index (χ3v) is 6.40. The molecule has 0 aliphatic heterocycles. The molecule has 3 aromatic carbocycles. The smallest absolute Gasteiger partial charge is 0.303 e. The molecule has 0 aliphatic carbocycles. The van der Waals surface area contributed by atoms with Crippen LogP contribution in [-0.2, 0) is 9.59 Å². The van der Waals surface area contributed by atoms with Crippen molar-refractivity contribution in [2.75, 3.05) is 41.7 Å². The van der Waals surface area contributed by atoms with Gasteiger partial charge in [0.15, 0.2) is 23.0 Å². The lowest BCUT2D eigenvalue weighted by Crippen LogP contribution is -2.04. The van der Waals surface area contributed by atoms with Crippen molar-refractivity contribution in [3.63, 3.8) is 0 Å². The molecule has 0 spiro atoms. The lowest BCUT2D eigenvalue weighted by molar-refractivity contribution is -0.138. The quantitative estimate of drug-likeness (QED) is 0.121. The number of ether oxygens (including phenoxy) is 6. The van der Waals surface area contributed by atoms with Crippen LogP contribution in [0.4, 0.5) is 0 Å². The summed E-state index contributed by atoms with van der Waals surface area (Å²) >= 11 is 0. The first-order chi connectivity index (χ1) is 21.3. The highest BCUT2D eigenvalue weighted by Gasteiger charge is 2.15. The van der Waals surface area contributed by atoms with Gasteiger partial charge in [-0.25, -0.2) is 0 Å². The first-order valence-corrected chi connectivity index (χ1v) is 13.9. The normalized spacial score (nSPS) is 11.0. The molecule has 0 unspecified atom stereocenters. The lowest BCUT2D eigenvalue weighted by Gasteiger charge is -2.15. The minimum Gasteiger partial charge on any atom is -0.493 e. The Morgan fingerprint density at radius 1 is 0.545 bits per heavy atom. The van der Waals surface area contributed by atoms with Gasteiger partial charge in [-0.05, 0) is 59.4 Å². The zero-order valence-corrected chi connectivity index (χ0v) is 25.3. The molecule has 0 atom stereocenters. The van der Waals surface area contributed by atoms with E-state index in [1.54, 1.807) is 0 Å². The second-order valence-electron chi connectivity index (χ2n) is 9.53. The van der Waals surface area contributed by atoms with Gasteiger partial charge in [0, 0.05) is 12.8 Å². The van der Waals surface area contributed by atoms with Gasteiger partial charge in [-0.2, -0.15) is 0 Å². The zero-order chi connectivity index (χ0) is 31.9. The molecule has 2 N–H and O–H groups in total. The summed E-state index contributed by atoms with van der Waals surface area (Å²) in [6.45, 7) is 0.456. The highest BCUT2D eigenvalue weighted by atomic mass is 16.5. The molecule has 0 fully saturated rings. The molecule has 10 nitrogen and oxygen atoms in total. The third kappa shape index (κ3) is 10.0. The monoisotopic (exact) mass is 606 g/mol. The van der Waals surface area contributed by atoms with Gasteiger partial charge >= 0.3 is 11.9 Å². The van der Waals surface area contributed by atoms with Crippen molar-refractivity contribution in [3.05, 3.63) is 70.8 Å². The van der Waals surface area contributed by atoms with Crippen LogP contribution in [0.3, 0.4) is 0 Å². The molecule has 0 aliphatic rings. The summed E-state index contributed by atoms with van der Waals surface area (Å²) in [4.78, 5) is 21.5. The number of carboxylic acid groups (broad SMARTS) is 2. The van der Waals surface area contributed by atoms with Crippen LogP contribution in [0.5, 0.6) is 34.5 Å². The van der Waals surface area contributed by atoms with E-state index in [4.69, 9.17) is 38.6 Å². The SMILES string of the molecule is COc1cc(/C=C/c2ccc(/C=C/c3cc(OC)c(OCCCC(=O)O)c(OC)c3)cc2)cc(OC)c1OCCCC(=O)O. The Balaban J connectivity index is 1.69.